The maximum atomic E-state index is 13.5. The molecule has 0 aliphatic carbocycles. The zero-order chi connectivity index (χ0) is 16.3. The maximum absolute atomic E-state index is 13.5. The van der Waals surface area contributed by atoms with E-state index in [1.807, 2.05) is 0 Å². The molecule has 1 aromatic carbocycles. The number of carbonyl (C=O) groups excluding carboxylic acids is 1. The van der Waals surface area contributed by atoms with Gasteiger partial charge in [-0.2, -0.15) is 0 Å². The van der Waals surface area contributed by atoms with E-state index in [1.54, 1.807) is 0 Å². The van der Waals surface area contributed by atoms with Gasteiger partial charge < -0.3 is 11.1 Å². The molecular weight excluding hydrogens is 382 g/mol. The zero-order valence-corrected chi connectivity index (χ0v) is 13.4. The van der Waals surface area contributed by atoms with Crippen molar-refractivity contribution in [3.63, 3.8) is 0 Å². The first-order valence-electron chi connectivity index (χ1n) is 6.05. The Hall–Kier alpha value is -1.80. The Bertz CT molecular complexity index is 709. The minimum absolute atomic E-state index is 0.0120. The minimum Gasteiger partial charge on any atom is -0.368 e. The van der Waals surface area contributed by atoms with Crippen LogP contribution in [-0.2, 0) is 17.8 Å². The third-order valence-electron chi connectivity index (χ3n) is 2.75. The van der Waals surface area contributed by atoms with Crippen molar-refractivity contribution in [2.24, 2.45) is 0 Å². The van der Waals surface area contributed by atoms with Gasteiger partial charge in [-0.3, -0.25) is 4.79 Å². The van der Waals surface area contributed by atoms with E-state index in [-0.39, 0.29) is 23.2 Å². The molecule has 2 rings (SSSR count). The summed E-state index contributed by atoms with van der Waals surface area (Å²) in [5, 5.41) is 2.60. The molecule has 0 saturated carbocycles. The van der Waals surface area contributed by atoms with Crippen LogP contribution in [0.2, 0.25) is 5.15 Å². The van der Waals surface area contributed by atoms with Crippen LogP contribution in [0.15, 0.2) is 22.7 Å². The number of rotatable bonds is 4. The van der Waals surface area contributed by atoms with Crippen LogP contribution in [0.25, 0.3) is 0 Å². The highest BCUT2D eigenvalue weighted by atomic mass is 79.9. The Balaban J connectivity index is 2.05. The minimum atomic E-state index is -0.773. The van der Waals surface area contributed by atoms with Crippen LogP contribution < -0.4 is 11.1 Å². The topological polar surface area (TPSA) is 80.9 Å². The molecule has 3 N–H and O–H groups in total. The fourth-order valence-electron chi connectivity index (χ4n) is 1.70. The molecule has 0 aliphatic rings. The Kier molecular flexibility index (Phi) is 5.25. The Morgan fingerprint density at radius 2 is 1.95 bits per heavy atom. The third kappa shape index (κ3) is 3.89. The van der Waals surface area contributed by atoms with Gasteiger partial charge in [-0.25, -0.2) is 18.7 Å². The van der Waals surface area contributed by atoms with Crippen molar-refractivity contribution >= 4 is 39.4 Å². The van der Waals surface area contributed by atoms with E-state index in [1.165, 1.54) is 6.07 Å². The molecule has 22 heavy (non-hydrogen) atoms. The van der Waals surface area contributed by atoms with Gasteiger partial charge in [0.2, 0.25) is 11.9 Å². The van der Waals surface area contributed by atoms with Gasteiger partial charge in [0.15, 0.2) is 0 Å². The third-order valence-corrected chi connectivity index (χ3v) is 4.08. The predicted octanol–water partition coefficient (Wildman–Crippen LogP) is 2.61. The maximum Gasteiger partial charge on any atom is 0.224 e. The number of anilines is 1. The number of hydrogen-bond donors (Lipinski definition) is 2. The number of hydrogen-bond acceptors (Lipinski definition) is 4. The first kappa shape index (κ1) is 16.6. The molecule has 0 atom stereocenters. The van der Waals surface area contributed by atoms with E-state index in [4.69, 9.17) is 17.3 Å². The number of amides is 1. The molecule has 0 fully saturated rings. The number of benzene rings is 1. The lowest BCUT2D eigenvalue weighted by molar-refractivity contribution is -0.120. The largest absolute Gasteiger partial charge is 0.368 e. The molecule has 1 aromatic heterocycles. The highest BCUT2D eigenvalue weighted by Crippen LogP contribution is 2.24. The summed E-state index contributed by atoms with van der Waals surface area (Å²) in [7, 11) is 0. The second-order valence-electron chi connectivity index (χ2n) is 4.29. The van der Waals surface area contributed by atoms with Gasteiger partial charge in [-0.15, -0.1) is 0 Å². The predicted molar refractivity (Wildman–Crippen MR) is 81.1 cm³/mol. The molecule has 0 unspecified atom stereocenters. The second kappa shape index (κ2) is 6.97. The van der Waals surface area contributed by atoms with E-state index in [9.17, 15) is 13.6 Å². The Morgan fingerprint density at radius 1 is 1.32 bits per heavy atom. The molecule has 1 heterocycles. The molecular formula is C13H10BrClF2N4O. The summed E-state index contributed by atoms with van der Waals surface area (Å²) in [5.74, 6) is -2.15. The van der Waals surface area contributed by atoms with E-state index in [2.05, 4.69) is 31.2 Å². The number of nitrogens with two attached hydrogens (primary N) is 1. The van der Waals surface area contributed by atoms with Crippen LogP contribution >= 0.6 is 27.5 Å². The summed E-state index contributed by atoms with van der Waals surface area (Å²) in [6.45, 7) is -0.0120. The van der Waals surface area contributed by atoms with Gasteiger partial charge in [-0.05, 0) is 28.1 Å². The van der Waals surface area contributed by atoms with E-state index in [0.29, 0.717) is 10.2 Å². The highest BCUT2D eigenvalue weighted by Gasteiger charge is 2.14. The van der Waals surface area contributed by atoms with Crippen LogP contribution in [0.5, 0.6) is 0 Å². The van der Waals surface area contributed by atoms with E-state index in [0.717, 1.165) is 12.1 Å². The summed E-state index contributed by atoms with van der Waals surface area (Å²) in [4.78, 5) is 19.4. The summed E-state index contributed by atoms with van der Waals surface area (Å²) in [6, 6.07) is 3.41. The van der Waals surface area contributed by atoms with Crippen LogP contribution in [0.1, 0.15) is 11.3 Å². The lowest BCUT2D eigenvalue weighted by Crippen LogP contribution is -2.26. The van der Waals surface area contributed by atoms with Gasteiger partial charge in [0, 0.05) is 5.56 Å². The van der Waals surface area contributed by atoms with Gasteiger partial charge in [0.05, 0.1) is 23.1 Å². The summed E-state index contributed by atoms with van der Waals surface area (Å²) in [5.41, 5.74) is 5.53. The normalized spacial score (nSPS) is 10.5. The van der Waals surface area contributed by atoms with E-state index < -0.39 is 24.0 Å². The van der Waals surface area contributed by atoms with Crippen molar-refractivity contribution in [1.29, 1.82) is 0 Å². The van der Waals surface area contributed by atoms with Crippen LogP contribution in [0, 0.1) is 11.6 Å². The summed E-state index contributed by atoms with van der Waals surface area (Å²) < 4.78 is 27.3. The van der Waals surface area contributed by atoms with Crippen LogP contribution in [0.3, 0.4) is 0 Å². The van der Waals surface area contributed by atoms with Crippen molar-refractivity contribution in [3.05, 3.63) is 50.7 Å². The van der Waals surface area contributed by atoms with Crippen molar-refractivity contribution in [3.8, 4) is 0 Å². The van der Waals surface area contributed by atoms with Gasteiger partial charge in [0.25, 0.3) is 0 Å². The molecule has 9 heteroatoms. The molecule has 5 nitrogen and oxygen atoms in total. The monoisotopic (exact) mass is 390 g/mol. The van der Waals surface area contributed by atoms with Crippen molar-refractivity contribution in [2.45, 2.75) is 13.0 Å². The van der Waals surface area contributed by atoms with Gasteiger partial charge in [-0.1, -0.05) is 17.7 Å². The average molecular weight is 392 g/mol. The van der Waals surface area contributed by atoms with Gasteiger partial charge in [0.1, 0.15) is 16.8 Å². The SMILES string of the molecule is Nc1nc(Cl)c(Br)c(CNC(=O)Cc2c(F)cccc2F)n1. The van der Waals surface area contributed by atoms with Crippen molar-refractivity contribution in [1.82, 2.24) is 15.3 Å². The highest BCUT2D eigenvalue weighted by molar-refractivity contribution is 9.10. The number of nitrogens with zero attached hydrogens (tertiary/aromatic N) is 2. The number of nitrogens with one attached hydrogen (secondary N) is 1. The molecule has 0 radical (unpaired) electrons. The van der Waals surface area contributed by atoms with Gasteiger partial charge >= 0.3 is 0 Å². The molecule has 2 aromatic rings. The number of halogens is 4. The summed E-state index contributed by atoms with van der Waals surface area (Å²) in [6.07, 6.45) is -0.426. The van der Waals surface area contributed by atoms with Crippen molar-refractivity contribution < 1.29 is 13.6 Å². The quantitative estimate of drug-likeness (QED) is 0.785. The number of nitrogen functional groups attached to an aromatic ring is 1. The second-order valence-corrected chi connectivity index (χ2v) is 5.44. The molecule has 0 spiro atoms. The Labute approximate surface area is 138 Å². The molecule has 0 saturated heterocycles. The standard InChI is InChI=1S/C13H10BrClF2N4O/c14-11-9(20-13(18)21-12(11)15)5-19-10(22)4-6-7(16)2-1-3-8(6)17/h1-3H,4-5H2,(H,19,22)(H2,18,20,21). The fourth-order valence-corrected chi connectivity index (χ4v) is 2.22. The first-order chi connectivity index (χ1) is 10.4. The molecule has 116 valence electrons. The zero-order valence-electron chi connectivity index (χ0n) is 11.0. The number of aromatic nitrogens is 2. The summed E-state index contributed by atoms with van der Waals surface area (Å²) >= 11 is 8.99. The van der Waals surface area contributed by atoms with E-state index >= 15 is 0 Å². The Morgan fingerprint density at radius 3 is 2.59 bits per heavy atom. The molecule has 1 amide bonds. The van der Waals surface area contributed by atoms with Crippen LogP contribution in [-0.4, -0.2) is 15.9 Å². The first-order valence-corrected chi connectivity index (χ1v) is 7.22. The average Bonchev–Trinajstić information content (AvgIpc) is 2.45. The number of carbonyl (C=O) groups is 1. The van der Waals surface area contributed by atoms with Crippen LogP contribution in [0.4, 0.5) is 14.7 Å². The molecule has 0 bridgehead atoms. The van der Waals surface area contributed by atoms with Crippen molar-refractivity contribution in [2.75, 3.05) is 5.73 Å². The smallest absolute Gasteiger partial charge is 0.224 e. The lowest BCUT2D eigenvalue weighted by Gasteiger charge is -2.09. The molecule has 0 aliphatic heterocycles. The lowest BCUT2D eigenvalue weighted by atomic mass is 10.1. The fraction of sp³-hybridized carbons (Fsp3) is 0.154.